The Balaban J connectivity index is -0.000000119. The minimum absolute atomic E-state index is 0. The van der Waals surface area contributed by atoms with Crippen molar-refractivity contribution in [1.82, 2.24) is 0 Å². The zero-order chi connectivity index (χ0) is 16.8. The molecule has 2 aliphatic carbocycles. The van der Waals surface area contributed by atoms with Crippen LogP contribution in [0.1, 0.15) is 40.5 Å². The standard InChI is InChI=1S/2C7H9.C6H5.CH3.2ClH.H2Si.Zr/c2*1-6-3-4-7(2)5-6;1-2-4-6-5-3-1;;;;;/h2*5H,3H2,1-2H3;1-5H;1H3;2*1H;1H2;/q4*-1;;;;. The Hall–Kier alpha value is -0.140. The number of hydrogen-bond acceptors (Lipinski definition) is 0. The number of halogens is 2. The van der Waals surface area contributed by atoms with Crippen molar-refractivity contribution < 1.29 is 23.3 Å². The van der Waals surface area contributed by atoms with Gasteiger partial charge in [-0.3, -0.25) is 12.2 Å². The molecule has 0 atom stereocenters. The van der Waals surface area contributed by atoms with Gasteiger partial charge in [0.15, 0.2) is 0 Å². The Labute approximate surface area is 185 Å². The van der Waals surface area contributed by atoms with Crippen LogP contribution in [0.25, 0.3) is 0 Å². The van der Waals surface area contributed by atoms with Crippen LogP contribution in [0.5, 0.6) is 0 Å². The SMILES string of the molecule is CC1=[C-]CC(C)=C1.CC1=[C-]CC(C)=C1.Cl.Cl.[CH3-].[SiH2]=[Zr].[c-]1ccccc1. The number of allylic oxidation sites excluding steroid dienone is 8. The summed E-state index contributed by atoms with van der Waals surface area (Å²) in [5, 5.41) is 0. The largest absolute Gasteiger partial charge is 0.184 e. The number of rotatable bonds is 0. The molecule has 0 amide bonds. The van der Waals surface area contributed by atoms with Crippen LogP contribution in [0.3, 0.4) is 0 Å². The van der Waals surface area contributed by atoms with Gasteiger partial charge in [0.25, 0.3) is 0 Å². The molecule has 0 saturated carbocycles. The van der Waals surface area contributed by atoms with Crippen LogP contribution in [-0.2, 0) is 23.3 Å². The molecular weight excluding hydrogens is 442 g/mol. The quantitative estimate of drug-likeness (QED) is 0.319. The summed E-state index contributed by atoms with van der Waals surface area (Å²) < 4.78 is 0. The van der Waals surface area contributed by atoms with Crippen LogP contribution in [0.2, 0.25) is 0 Å². The Morgan fingerprint density at radius 2 is 1.12 bits per heavy atom. The van der Waals surface area contributed by atoms with E-state index in [2.05, 4.69) is 58.1 Å². The van der Waals surface area contributed by atoms with E-state index in [-0.39, 0.29) is 32.2 Å². The first-order valence-corrected chi connectivity index (χ1v) is 13.3. The van der Waals surface area contributed by atoms with Crippen molar-refractivity contribution >= 4 is 31.7 Å². The molecule has 0 spiro atoms. The summed E-state index contributed by atoms with van der Waals surface area (Å²) in [5.41, 5.74) is 5.44. The van der Waals surface area contributed by atoms with Crippen molar-refractivity contribution in [3.63, 3.8) is 0 Å². The van der Waals surface area contributed by atoms with Crippen molar-refractivity contribution in [3.05, 3.63) is 90.4 Å². The molecule has 0 saturated heterocycles. The second-order valence-electron chi connectivity index (χ2n) is 5.13. The van der Waals surface area contributed by atoms with E-state index < -0.39 is 0 Å². The molecule has 1 aromatic carbocycles. The van der Waals surface area contributed by atoms with Gasteiger partial charge in [0, 0.05) is 0 Å². The van der Waals surface area contributed by atoms with Crippen LogP contribution in [0.4, 0.5) is 0 Å². The first kappa shape index (κ1) is 32.5. The molecule has 0 bridgehead atoms. The Morgan fingerprint density at radius 3 is 1.20 bits per heavy atom. The van der Waals surface area contributed by atoms with Gasteiger partial charge in [-0.25, -0.2) is 23.3 Å². The molecule has 3 rings (SSSR count). The molecule has 0 fully saturated rings. The Bertz CT molecular complexity index is 486. The summed E-state index contributed by atoms with van der Waals surface area (Å²) in [4.78, 5) is 0. The van der Waals surface area contributed by atoms with Gasteiger partial charge in [0.05, 0.1) is 0 Å². The Kier molecular flexibility index (Phi) is 28.5. The van der Waals surface area contributed by atoms with Crippen LogP contribution in [-0.4, -0.2) is 6.88 Å². The average molecular weight is 473 g/mol. The summed E-state index contributed by atoms with van der Waals surface area (Å²) in [7, 11) is 0. The number of hydrogen-bond donors (Lipinski definition) is 0. The third-order valence-electron chi connectivity index (χ3n) is 2.83. The zero-order valence-electron chi connectivity index (χ0n) is 16.0. The van der Waals surface area contributed by atoms with Crippen molar-refractivity contribution in [2.75, 3.05) is 0 Å². The zero-order valence-corrected chi connectivity index (χ0v) is 21.5. The smallest absolute Gasteiger partial charge is 0.171 e. The van der Waals surface area contributed by atoms with Gasteiger partial charge >= 0.3 is 30.2 Å². The molecule has 0 nitrogen and oxygen atoms in total. The van der Waals surface area contributed by atoms with Crippen LogP contribution >= 0.6 is 24.8 Å². The molecule has 140 valence electrons. The minimum Gasteiger partial charge on any atom is -0.184 e. The van der Waals surface area contributed by atoms with Gasteiger partial charge in [-0.1, -0.05) is 27.7 Å². The molecule has 0 aliphatic heterocycles. The van der Waals surface area contributed by atoms with Crippen molar-refractivity contribution in [1.29, 1.82) is 0 Å². The monoisotopic (exact) mass is 470 g/mol. The van der Waals surface area contributed by atoms with E-state index >= 15 is 0 Å². The van der Waals surface area contributed by atoms with E-state index in [9.17, 15) is 0 Å². The summed E-state index contributed by atoms with van der Waals surface area (Å²) in [6.07, 6.45) is 12.8. The third-order valence-corrected chi connectivity index (χ3v) is 2.83. The van der Waals surface area contributed by atoms with E-state index in [1.54, 1.807) is 23.3 Å². The first-order chi connectivity index (χ1) is 10.6. The van der Waals surface area contributed by atoms with Crippen molar-refractivity contribution in [2.24, 2.45) is 0 Å². The van der Waals surface area contributed by atoms with Gasteiger partial charge in [-0.15, -0.1) is 37.7 Å². The van der Waals surface area contributed by atoms with Gasteiger partial charge in [0.2, 0.25) is 0 Å². The summed E-state index contributed by atoms with van der Waals surface area (Å²) in [6, 6.07) is 12.5. The normalized spacial score (nSPS) is 12.8. The molecule has 0 N–H and O–H groups in total. The fourth-order valence-electron chi connectivity index (χ4n) is 1.84. The van der Waals surface area contributed by atoms with Crippen LogP contribution in [0, 0.1) is 25.6 Å². The summed E-state index contributed by atoms with van der Waals surface area (Å²) in [5.74, 6) is 0. The summed E-state index contributed by atoms with van der Waals surface area (Å²) >= 11 is 1.58. The van der Waals surface area contributed by atoms with Crippen LogP contribution < -0.4 is 0 Å². The maximum absolute atomic E-state index is 3.19. The second kappa shape index (κ2) is 21.9. The number of benzene rings is 1. The van der Waals surface area contributed by atoms with Crippen molar-refractivity contribution in [3.8, 4) is 0 Å². The first-order valence-electron chi connectivity index (χ1n) is 7.33. The van der Waals surface area contributed by atoms with E-state index in [4.69, 9.17) is 0 Å². The van der Waals surface area contributed by atoms with E-state index in [1.807, 2.05) is 37.2 Å². The predicted octanol–water partition coefficient (Wildman–Crippen LogP) is 6.03. The van der Waals surface area contributed by atoms with Gasteiger partial charge in [-0.05, 0) is 0 Å². The molecular formula is C21H30Cl2SiZr-4. The van der Waals surface area contributed by atoms with Crippen LogP contribution in [0.15, 0.2) is 64.8 Å². The molecule has 25 heavy (non-hydrogen) atoms. The minimum atomic E-state index is 0. The molecule has 4 heteroatoms. The molecule has 1 aromatic rings. The van der Waals surface area contributed by atoms with E-state index in [0.29, 0.717) is 0 Å². The summed E-state index contributed by atoms with van der Waals surface area (Å²) in [6.45, 7) is 10.4. The van der Waals surface area contributed by atoms with Gasteiger partial charge < -0.3 is 7.43 Å². The molecule has 0 heterocycles. The predicted molar refractivity (Wildman–Crippen MR) is 116 cm³/mol. The second-order valence-corrected chi connectivity index (χ2v) is 5.13. The van der Waals surface area contributed by atoms with Gasteiger partial charge in [-0.2, -0.15) is 47.5 Å². The van der Waals surface area contributed by atoms with E-state index in [0.717, 1.165) is 12.8 Å². The molecule has 0 radical (unpaired) electrons. The molecule has 0 aromatic heterocycles. The fourth-order valence-corrected chi connectivity index (χ4v) is 1.84. The van der Waals surface area contributed by atoms with E-state index in [1.165, 1.54) is 22.3 Å². The Morgan fingerprint density at radius 1 is 0.760 bits per heavy atom. The molecule has 2 aliphatic rings. The maximum atomic E-state index is 3.19. The molecule has 0 unspecified atom stereocenters. The average Bonchev–Trinajstić information content (AvgIpc) is 3.11. The topological polar surface area (TPSA) is 0 Å². The van der Waals surface area contributed by atoms with Crippen molar-refractivity contribution in [2.45, 2.75) is 40.5 Å². The fraction of sp³-hybridized carbons (Fsp3) is 0.286. The van der Waals surface area contributed by atoms with Gasteiger partial charge in [0.1, 0.15) is 0 Å². The maximum Gasteiger partial charge on any atom is -0.171 e. The third kappa shape index (κ3) is 20.0.